The molecule has 4 aromatic rings. The van der Waals surface area contributed by atoms with E-state index >= 15 is 0 Å². The van der Waals surface area contributed by atoms with Gasteiger partial charge in [-0.15, -0.1) is 0 Å². The van der Waals surface area contributed by atoms with Crippen LogP contribution in [-0.2, 0) is 6.42 Å². The lowest BCUT2D eigenvalue weighted by molar-refractivity contribution is 0.108. The number of anilines is 1. The molecule has 0 aliphatic carbocycles. The SMILES string of the molecule is CC(C)(C)Nc1cnc(CC(C)(C)Oc2cncn3nccc23)n2nccc12. The predicted molar refractivity (Wildman–Crippen MR) is 108 cm³/mol. The van der Waals surface area contributed by atoms with Crippen molar-refractivity contribution in [3.63, 3.8) is 0 Å². The van der Waals surface area contributed by atoms with Crippen molar-refractivity contribution in [1.29, 1.82) is 0 Å². The maximum Gasteiger partial charge on any atom is 0.164 e. The Labute approximate surface area is 163 Å². The zero-order valence-corrected chi connectivity index (χ0v) is 16.8. The molecule has 0 bridgehead atoms. The monoisotopic (exact) mass is 379 g/mol. The first kappa shape index (κ1) is 18.2. The minimum absolute atomic E-state index is 0.0622. The predicted octanol–water partition coefficient (Wildman–Crippen LogP) is 3.38. The fourth-order valence-corrected chi connectivity index (χ4v) is 3.22. The van der Waals surface area contributed by atoms with Crippen molar-refractivity contribution in [2.24, 2.45) is 0 Å². The van der Waals surface area contributed by atoms with Crippen molar-refractivity contribution in [3.05, 3.63) is 49.1 Å². The van der Waals surface area contributed by atoms with Gasteiger partial charge in [-0.2, -0.15) is 10.2 Å². The van der Waals surface area contributed by atoms with Gasteiger partial charge in [0.25, 0.3) is 0 Å². The van der Waals surface area contributed by atoms with Crippen molar-refractivity contribution in [1.82, 2.24) is 29.2 Å². The average Bonchev–Trinajstić information content (AvgIpc) is 3.25. The molecule has 0 saturated heterocycles. The molecule has 0 spiro atoms. The molecule has 8 nitrogen and oxygen atoms in total. The molecule has 4 rings (SSSR count). The molecule has 1 N–H and O–H groups in total. The molecule has 0 unspecified atom stereocenters. The summed E-state index contributed by atoms with van der Waals surface area (Å²) in [6, 6.07) is 3.90. The molecule has 4 aromatic heterocycles. The van der Waals surface area contributed by atoms with Crippen LogP contribution in [0.15, 0.2) is 43.2 Å². The third kappa shape index (κ3) is 3.62. The van der Waals surface area contributed by atoms with E-state index in [0.29, 0.717) is 12.2 Å². The van der Waals surface area contributed by atoms with Crippen LogP contribution in [0.25, 0.3) is 11.0 Å². The van der Waals surface area contributed by atoms with Gasteiger partial charge >= 0.3 is 0 Å². The van der Waals surface area contributed by atoms with E-state index < -0.39 is 5.60 Å². The van der Waals surface area contributed by atoms with Gasteiger partial charge in [0.15, 0.2) is 5.75 Å². The van der Waals surface area contributed by atoms with Crippen LogP contribution in [-0.4, -0.2) is 40.3 Å². The molecule has 0 fully saturated rings. The highest BCUT2D eigenvalue weighted by Crippen LogP contribution is 2.26. The summed E-state index contributed by atoms with van der Waals surface area (Å²) in [5, 5.41) is 12.2. The molecule has 0 aliphatic rings. The minimum Gasteiger partial charge on any atom is -0.483 e. The number of nitrogens with one attached hydrogen (secondary N) is 1. The zero-order chi connectivity index (χ0) is 19.9. The van der Waals surface area contributed by atoms with Gasteiger partial charge in [0.2, 0.25) is 0 Å². The van der Waals surface area contributed by atoms with Crippen LogP contribution in [0.1, 0.15) is 40.4 Å². The van der Waals surface area contributed by atoms with Gasteiger partial charge in [-0.1, -0.05) is 0 Å². The molecule has 0 aromatic carbocycles. The fourth-order valence-electron chi connectivity index (χ4n) is 3.22. The number of aromatic nitrogens is 6. The summed E-state index contributed by atoms with van der Waals surface area (Å²) in [6.07, 6.45) is 9.34. The molecule has 146 valence electrons. The number of fused-ring (bicyclic) bond motifs is 2. The van der Waals surface area contributed by atoms with Crippen LogP contribution in [0.3, 0.4) is 0 Å². The largest absolute Gasteiger partial charge is 0.483 e. The normalized spacial score (nSPS) is 12.6. The Morgan fingerprint density at radius 1 is 1.00 bits per heavy atom. The summed E-state index contributed by atoms with van der Waals surface area (Å²) < 4.78 is 9.86. The first-order chi connectivity index (χ1) is 13.2. The van der Waals surface area contributed by atoms with E-state index in [1.165, 1.54) is 0 Å². The van der Waals surface area contributed by atoms with Crippen LogP contribution < -0.4 is 10.1 Å². The fraction of sp³-hybridized carbons (Fsp3) is 0.400. The molecule has 28 heavy (non-hydrogen) atoms. The Balaban J connectivity index is 1.63. The average molecular weight is 379 g/mol. The Kier molecular flexibility index (Phi) is 4.21. The first-order valence-electron chi connectivity index (χ1n) is 9.28. The second-order valence-electron chi connectivity index (χ2n) is 8.55. The summed E-state index contributed by atoms with van der Waals surface area (Å²) >= 11 is 0. The van der Waals surface area contributed by atoms with Gasteiger partial charge in [0.1, 0.15) is 23.3 Å². The standard InChI is InChI=1S/C20H25N7O/c1-19(2,3)25-14-11-22-18(27-15(14)6-9-24-27)10-20(4,5)28-17-12-21-13-26-16(17)7-8-23-26/h6-9,11-13,25H,10H2,1-5H3. The number of hydrogen-bond acceptors (Lipinski definition) is 6. The molecular weight excluding hydrogens is 354 g/mol. The summed E-state index contributed by atoms with van der Waals surface area (Å²) in [4.78, 5) is 8.86. The third-order valence-electron chi connectivity index (χ3n) is 4.28. The molecule has 8 heteroatoms. The van der Waals surface area contributed by atoms with E-state index in [4.69, 9.17) is 4.74 Å². The van der Waals surface area contributed by atoms with Crippen LogP contribution >= 0.6 is 0 Å². The molecule has 0 saturated carbocycles. The van der Waals surface area contributed by atoms with Crippen molar-refractivity contribution in [2.75, 3.05) is 5.32 Å². The van der Waals surface area contributed by atoms with Crippen LogP contribution in [0.5, 0.6) is 5.75 Å². The number of ether oxygens (including phenoxy) is 1. The van der Waals surface area contributed by atoms with Gasteiger partial charge in [-0.25, -0.2) is 19.0 Å². The van der Waals surface area contributed by atoms with Crippen molar-refractivity contribution >= 4 is 16.7 Å². The second kappa shape index (κ2) is 6.47. The molecular formula is C20H25N7O. The molecule has 0 atom stereocenters. The molecule has 4 heterocycles. The van der Waals surface area contributed by atoms with Crippen LogP contribution in [0.2, 0.25) is 0 Å². The van der Waals surface area contributed by atoms with Crippen LogP contribution in [0.4, 0.5) is 5.69 Å². The highest BCUT2D eigenvalue weighted by Gasteiger charge is 2.25. The lowest BCUT2D eigenvalue weighted by atomic mass is 10.0. The quantitative estimate of drug-likeness (QED) is 0.572. The zero-order valence-electron chi connectivity index (χ0n) is 16.8. The number of hydrogen-bond donors (Lipinski definition) is 1. The Morgan fingerprint density at radius 3 is 2.54 bits per heavy atom. The number of nitrogens with zero attached hydrogens (tertiary/aromatic N) is 6. The number of rotatable bonds is 5. The highest BCUT2D eigenvalue weighted by atomic mass is 16.5. The molecule has 0 radical (unpaired) electrons. The third-order valence-corrected chi connectivity index (χ3v) is 4.28. The van der Waals surface area contributed by atoms with E-state index in [-0.39, 0.29) is 5.54 Å². The van der Waals surface area contributed by atoms with E-state index in [1.807, 2.05) is 36.7 Å². The highest BCUT2D eigenvalue weighted by molar-refractivity contribution is 5.71. The minimum atomic E-state index is -0.515. The van der Waals surface area contributed by atoms with Crippen molar-refractivity contribution < 1.29 is 4.74 Å². The van der Waals surface area contributed by atoms with Gasteiger partial charge in [-0.05, 0) is 46.8 Å². The van der Waals surface area contributed by atoms with Gasteiger partial charge in [-0.3, -0.25) is 0 Å². The second-order valence-corrected chi connectivity index (χ2v) is 8.55. The Morgan fingerprint density at radius 2 is 1.75 bits per heavy atom. The topological polar surface area (TPSA) is 81.6 Å². The first-order valence-corrected chi connectivity index (χ1v) is 9.28. The lowest BCUT2D eigenvalue weighted by Crippen LogP contribution is -2.33. The Bertz CT molecular complexity index is 1120. The van der Waals surface area contributed by atoms with E-state index in [9.17, 15) is 0 Å². The lowest BCUT2D eigenvalue weighted by Gasteiger charge is -2.27. The molecule has 0 amide bonds. The van der Waals surface area contributed by atoms with Crippen molar-refractivity contribution in [3.8, 4) is 5.75 Å². The Hall–Kier alpha value is -3.16. The molecule has 0 aliphatic heterocycles. The van der Waals surface area contributed by atoms with Gasteiger partial charge < -0.3 is 10.1 Å². The van der Waals surface area contributed by atoms with Crippen LogP contribution in [0, 0.1) is 0 Å². The maximum atomic E-state index is 6.29. The van der Waals surface area contributed by atoms with E-state index in [1.54, 1.807) is 29.4 Å². The van der Waals surface area contributed by atoms with E-state index in [0.717, 1.165) is 22.5 Å². The van der Waals surface area contributed by atoms with E-state index in [2.05, 4.69) is 46.3 Å². The summed E-state index contributed by atoms with van der Waals surface area (Å²) in [7, 11) is 0. The summed E-state index contributed by atoms with van der Waals surface area (Å²) in [5.74, 6) is 1.52. The van der Waals surface area contributed by atoms with Gasteiger partial charge in [0.05, 0.1) is 36.0 Å². The van der Waals surface area contributed by atoms with Gasteiger partial charge in [0, 0.05) is 12.0 Å². The summed E-state index contributed by atoms with van der Waals surface area (Å²) in [6.45, 7) is 10.4. The summed E-state index contributed by atoms with van der Waals surface area (Å²) in [5.41, 5.74) is 2.26. The smallest absolute Gasteiger partial charge is 0.164 e. The van der Waals surface area contributed by atoms with Crippen molar-refractivity contribution in [2.45, 2.75) is 52.2 Å². The maximum absolute atomic E-state index is 6.29.